The number of halogens is 1. The molecule has 1 N–H and O–H groups in total. The number of rotatable bonds is 4. The van der Waals surface area contributed by atoms with Gasteiger partial charge in [-0.05, 0) is 36.8 Å². The largest absolute Gasteiger partial charge is 0.331 e. The average molecular weight is 355 g/mol. The van der Waals surface area contributed by atoms with E-state index in [2.05, 4.69) is 27.8 Å². The van der Waals surface area contributed by atoms with Crippen LogP contribution in [0.2, 0.25) is 0 Å². The van der Waals surface area contributed by atoms with Crippen LogP contribution in [0.4, 0.5) is 0 Å². The van der Waals surface area contributed by atoms with Gasteiger partial charge in [0.25, 0.3) is 5.56 Å². The van der Waals surface area contributed by atoms with Crippen molar-refractivity contribution < 1.29 is 4.79 Å². The molecule has 0 fully saturated rings. The first-order valence-corrected chi connectivity index (χ1v) is 7.72. The number of benzene rings is 1. The van der Waals surface area contributed by atoms with Gasteiger partial charge in [0.1, 0.15) is 0 Å². The van der Waals surface area contributed by atoms with Gasteiger partial charge in [-0.1, -0.05) is 35.7 Å². The van der Waals surface area contributed by atoms with Crippen LogP contribution in [0.5, 0.6) is 0 Å². The van der Waals surface area contributed by atoms with Crippen molar-refractivity contribution in [2.75, 3.05) is 0 Å². The number of nitrogens with one attached hydrogen (secondary N) is 1. The summed E-state index contributed by atoms with van der Waals surface area (Å²) in [6.07, 6.45) is 3.10. The number of H-pyrrole nitrogens is 1. The van der Waals surface area contributed by atoms with Crippen molar-refractivity contribution in [3.8, 4) is 0 Å². The van der Waals surface area contributed by atoms with Crippen LogP contribution in [0.15, 0.2) is 27.5 Å². The molecular weight excluding hydrogens is 340 g/mol. The normalized spacial score (nSPS) is 10.9. The summed E-state index contributed by atoms with van der Waals surface area (Å²) in [5, 5.41) is 0.455. The Morgan fingerprint density at radius 3 is 2.85 bits per heavy atom. The number of aromatic nitrogens is 2. The first-order valence-electron chi connectivity index (χ1n) is 6.52. The van der Waals surface area contributed by atoms with E-state index in [1.807, 2.05) is 6.07 Å². The van der Waals surface area contributed by atoms with E-state index in [-0.39, 0.29) is 16.2 Å². The second-order valence-electron chi connectivity index (χ2n) is 4.61. The van der Waals surface area contributed by atoms with Crippen molar-refractivity contribution >= 4 is 45.0 Å². The van der Waals surface area contributed by atoms with Crippen molar-refractivity contribution in [1.29, 1.82) is 0 Å². The van der Waals surface area contributed by atoms with Gasteiger partial charge in [0, 0.05) is 10.9 Å². The highest BCUT2D eigenvalue weighted by Crippen LogP contribution is 2.15. The third-order valence-corrected chi connectivity index (χ3v) is 3.88. The molecule has 1 aromatic carbocycles. The zero-order chi connectivity index (χ0) is 14.7. The van der Waals surface area contributed by atoms with Crippen molar-refractivity contribution in [2.45, 2.75) is 32.6 Å². The van der Waals surface area contributed by atoms with Crippen LogP contribution < -0.4 is 5.56 Å². The molecule has 0 radical (unpaired) electrons. The van der Waals surface area contributed by atoms with E-state index in [4.69, 9.17) is 12.2 Å². The second-order valence-corrected chi connectivity index (χ2v) is 5.91. The number of unbranched alkanes of at least 4 members (excludes halogenated alkanes) is 2. The molecular formula is C14H15BrN2O2S. The summed E-state index contributed by atoms with van der Waals surface area (Å²) >= 11 is 8.45. The Bertz CT molecular complexity index is 764. The maximum atomic E-state index is 12.4. The molecule has 6 heteroatoms. The van der Waals surface area contributed by atoms with Crippen LogP contribution in [0, 0.1) is 4.77 Å². The van der Waals surface area contributed by atoms with E-state index in [0.29, 0.717) is 17.3 Å². The standard InChI is InChI=1S/C14H15BrN2O2S/c1-2-3-4-5-12(18)17-13(19)10-8-9(15)6-7-11(10)16-14(17)20/h6-8H,2-5H2,1H3,(H,16,20). The lowest BCUT2D eigenvalue weighted by atomic mass is 10.2. The van der Waals surface area contributed by atoms with E-state index in [1.165, 1.54) is 0 Å². The van der Waals surface area contributed by atoms with Crippen molar-refractivity contribution in [1.82, 2.24) is 9.55 Å². The predicted octanol–water partition coefficient (Wildman–Crippen LogP) is 4.04. The lowest BCUT2D eigenvalue weighted by molar-refractivity contribution is 0.0892. The maximum Gasteiger partial charge on any atom is 0.269 e. The monoisotopic (exact) mass is 354 g/mol. The molecule has 2 aromatic rings. The molecule has 0 saturated heterocycles. The van der Waals surface area contributed by atoms with Crippen LogP contribution in [0.25, 0.3) is 10.9 Å². The SMILES string of the molecule is CCCCCC(=O)n1c(=S)[nH]c2ccc(Br)cc2c1=O. The Balaban J connectivity index is 2.51. The molecule has 2 rings (SSSR count). The minimum absolute atomic E-state index is 0.159. The summed E-state index contributed by atoms with van der Waals surface area (Å²) in [4.78, 5) is 27.5. The summed E-state index contributed by atoms with van der Waals surface area (Å²) in [5.41, 5.74) is 0.285. The van der Waals surface area contributed by atoms with E-state index in [0.717, 1.165) is 28.3 Å². The fourth-order valence-corrected chi connectivity index (χ4v) is 2.71. The Labute approximate surface area is 130 Å². The third kappa shape index (κ3) is 3.07. The summed E-state index contributed by atoms with van der Waals surface area (Å²) < 4.78 is 2.02. The number of nitrogens with zero attached hydrogens (tertiary/aromatic N) is 1. The van der Waals surface area contributed by atoms with Crippen LogP contribution in [0.3, 0.4) is 0 Å². The minimum Gasteiger partial charge on any atom is -0.331 e. The summed E-state index contributed by atoms with van der Waals surface area (Å²) in [6.45, 7) is 2.07. The molecule has 1 heterocycles. The van der Waals surface area contributed by atoms with E-state index < -0.39 is 0 Å². The number of hydrogen-bond acceptors (Lipinski definition) is 3. The van der Waals surface area contributed by atoms with Gasteiger partial charge >= 0.3 is 0 Å². The van der Waals surface area contributed by atoms with Gasteiger partial charge in [0.05, 0.1) is 10.9 Å². The third-order valence-electron chi connectivity index (χ3n) is 3.10. The molecule has 0 aliphatic rings. The van der Waals surface area contributed by atoms with E-state index >= 15 is 0 Å². The molecule has 0 aliphatic carbocycles. The van der Waals surface area contributed by atoms with Crippen LogP contribution in [0.1, 0.15) is 37.4 Å². The Morgan fingerprint density at radius 1 is 1.40 bits per heavy atom. The lowest BCUT2D eigenvalue weighted by Gasteiger charge is -2.07. The number of carbonyl (C=O) groups is 1. The fourth-order valence-electron chi connectivity index (χ4n) is 2.05. The molecule has 0 atom stereocenters. The lowest BCUT2D eigenvalue weighted by Crippen LogP contribution is -2.28. The molecule has 0 spiro atoms. The van der Waals surface area contributed by atoms with E-state index in [1.54, 1.807) is 12.1 Å². The average Bonchev–Trinajstić information content (AvgIpc) is 2.40. The van der Waals surface area contributed by atoms with Crippen molar-refractivity contribution in [3.05, 3.63) is 37.8 Å². The van der Waals surface area contributed by atoms with Crippen LogP contribution in [-0.2, 0) is 0 Å². The number of hydrogen-bond donors (Lipinski definition) is 1. The summed E-state index contributed by atoms with van der Waals surface area (Å²) in [6, 6.07) is 5.28. The molecule has 0 amide bonds. The van der Waals surface area contributed by atoms with E-state index in [9.17, 15) is 9.59 Å². The van der Waals surface area contributed by atoms with Crippen LogP contribution in [-0.4, -0.2) is 15.5 Å². The summed E-state index contributed by atoms with van der Waals surface area (Å²) in [5.74, 6) is -0.244. The first-order chi connectivity index (χ1) is 9.54. The Kier molecular flexibility index (Phi) is 4.88. The first kappa shape index (κ1) is 15.1. The Hall–Kier alpha value is -1.27. The molecule has 4 nitrogen and oxygen atoms in total. The molecule has 0 saturated carbocycles. The predicted molar refractivity (Wildman–Crippen MR) is 85.9 cm³/mol. The number of aromatic amines is 1. The molecule has 106 valence electrons. The van der Waals surface area contributed by atoms with Gasteiger partial charge in [0.15, 0.2) is 4.77 Å². The molecule has 20 heavy (non-hydrogen) atoms. The highest BCUT2D eigenvalue weighted by Gasteiger charge is 2.12. The Morgan fingerprint density at radius 2 is 2.15 bits per heavy atom. The van der Waals surface area contributed by atoms with Crippen molar-refractivity contribution in [2.24, 2.45) is 0 Å². The zero-order valence-corrected chi connectivity index (χ0v) is 13.5. The summed E-state index contributed by atoms with van der Waals surface area (Å²) in [7, 11) is 0. The highest BCUT2D eigenvalue weighted by molar-refractivity contribution is 9.10. The minimum atomic E-state index is -0.355. The molecule has 0 aliphatic heterocycles. The molecule has 1 aromatic heterocycles. The smallest absolute Gasteiger partial charge is 0.269 e. The van der Waals surface area contributed by atoms with Gasteiger partial charge in [-0.15, -0.1) is 0 Å². The number of carbonyl (C=O) groups excluding carboxylic acids is 1. The van der Waals surface area contributed by atoms with Crippen LogP contribution >= 0.6 is 28.1 Å². The second kappa shape index (κ2) is 6.45. The topological polar surface area (TPSA) is 54.9 Å². The highest BCUT2D eigenvalue weighted by atomic mass is 79.9. The van der Waals surface area contributed by atoms with Crippen molar-refractivity contribution in [3.63, 3.8) is 0 Å². The quantitative estimate of drug-likeness (QED) is 0.665. The molecule has 0 bridgehead atoms. The molecule has 0 unspecified atom stereocenters. The van der Waals surface area contributed by atoms with Gasteiger partial charge in [0.2, 0.25) is 5.91 Å². The van der Waals surface area contributed by atoms with Gasteiger partial charge < -0.3 is 4.98 Å². The fraction of sp³-hybridized carbons (Fsp3) is 0.357. The maximum absolute atomic E-state index is 12.4. The zero-order valence-electron chi connectivity index (χ0n) is 11.1. The van der Waals surface area contributed by atoms with Gasteiger partial charge in [-0.25, -0.2) is 4.57 Å². The van der Waals surface area contributed by atoms with Gasteiger partial charge in [-0.2, -0.15) is 0 Å². The number of fused-ring (bicyclic) bond motifs is 1. The van der Waals surface area contributed by atoms with Gasteiger partial charge in [-0.3, -0.25) is 9.59 Å².